The van der Waals surface area contributed by atoms with Crippen molar-refractivity contribution in [1.82, 2.24) is 4.98 Å². The fourth-order valence-electron chi connectivity index (χ4n) is 1.91. The van der Waals surface area contributed by atoms with Crippen molar-refractivity contribution in [2.75, 3.05) is 12.8 Å². The van der Waals surface area contributed by atoms with Gasteiger partial charge in [0.05, 0.1) is 12.7 Å². The van der Waals surface area contributed by atoms with Crippen LogP contribution in [0.3, 0.4) is 0 Å². The Labute approximate surface area is 118 Å². The Bertz CT molecular complexity index is 752. The number of benzene rings is 2. The van der Waals surface area contributed by atoms with Gasteiger partial charge in [0.1, 0.15) is 5.75 Å². The molecule has 2 aromatic carbocycles. The Morgan fingerprint density at radius 3 is 2.89 bits per heavy atom. The van der Waals surface area contributed by atoms with Crippen molar-refractivity contribution in [3.63, 3.8) is 0 Å². The van der Waals surface area contributed by atoms with Crippen molar-refractivity contribution in [2.24, 2.45) is 0 Å². The third-order valence-electron chi connectivity index (χ3n) is 2.82. The van der Waals surface area contributed by atoms with Crippen LogP contribution in [0.25, 0.3) is 22.6 Å². The van der Waals surface area contributed by atoms with Crippen LogP contribution in [0.4, 0.5) is 5.69 Å². The molecule has 0 aliphatic carbocycles. The van der Waals surface area contributed by atoms with E-state index in [1.165, 1.54) is 0 Å². The van der Waals surface area contributed by atoms with Crippen molar-refractivity contribution in [2.45, 2.75) is 0 Å². The molecule has 1 aromatic heterocycles. The quantitative estimate of drug-likeness (QED) is 0.729. The molecular weight excluding hydrogens is 308 g/mol. The van der Waals surface area contributed by atoms with Gasteiger partial charge in [0.2, 0.25) is 5.89 Å². The molecule has 0 atom stereocenters. The smallest absolute Gasteiger partial charge is 0.228 e. The molecule has 4 nitrogen and oxygen atoms in total. The van der Waals surface area contributed by atoms with Crippen LogP contribution in [0.2, 0.25) is 0 Å². The lowest BCUT2D eigenvalue weighted by Gasteiger charge is -2.00. The summed E-state index contributed by atoms with van der Waals surface area (Å²) in [6, 6.07) is 11.1. The minimum absolute atomic E-state index is 0.513. The second kappa shape index (κ2) is 4.59. The van der Waals surface area contributed by atoms with Gasteiger partial charge in [0.25, 0.3) is 0 Å². The Morgan fingerprint density at radius 1 is 1.26 bits per heavy atom. The molecule has 5 heteroatoms. The number of halogens is 1. The summed E-state index contributed by atoms with van der Waals surface area (Å²) in [6.45, 7) is 0. The average Bonchev–Trinajstić information content (AvgIpc) is 2.85. The van der Waals surface area contributed by atoms with E-state index >= 15 is 0 Å². The van der Waals surface area contributed by atoms with Gasteiger partial charge in [-0.1, -0.05) is 6.07 Å². The molecule has 0 radical (unpaired) electrons. The van der Waals surface area contributed by atoms with Crippen LogP contribution in [-0.2, 0) is 0 Å². The molecule has 0 aliphatic heterocycles. The van der Waals surface area contributed by atoms with Gasteiger partial charge < -0.3 is 14.9 Å². The van der Waals surface area contributed by atoms with E-state index in [0.717, 1.165) is 10.0 Å². The van der Waals surface area contributed by atoms with Gasteiger partial charge in [-0.3, -0.25) is 0 Å². The Kier molecular flexibility index (Phi) is 2.91. The first-order valence-electron chi connectivity index (χ1n) is 5.68. The maximum absolute atomic E-state index is 5.80. The van der Waals surface area contributed by atoms with E-state index in [0.29, 0.717) is 28.4 Å². The van der Waals surface area contributed by atoms with Crippen LogP contribution < -0.4 is 10.5 Å². The lowest BCUT2D eigenvalue weighted by atomic mass is 10.2. The number of fused-ring (bicyclic) bond motifs is 1. The summed E-state index contributed by atoms with van der Waals surface area (Å²) < 4.78 is 11.9. The highest BCUT2D eigenvalue weighted by Crippen LogP contribution is 2.34. The van der Waals surface area contributed by atoms with Gasteiger partial charge in [0.15, 0.2) is 11.1 Å². The molecule has 0 bridgehead atoms. The molecular formula is C14H11BrN2O2. The largest absolute Gasteiger partial charge is 0.494 e. The lowest BCUT2D eigenvalue weighted by Crippen LogP contribution is -1.87. The fourth-order valence-corrected chi connectivity index (χ4v) is 2.33. The van der Waals surface area contributed by atoms with Crippen LogP contribution in [-0.4, -0.2) is 12.1 Å². The predicted molar refractivity (Wildman–Crippen MR) is 78.1 cm³/mol. The molecule has 2 N–H and O–H groups in total. The minimum atomic E-state index is 0.513. The van der Waals surface area contributed by atoms with E-state index < -0.39 is 0 Å². The lowest BCUT2D eigenvalue weighted by molar-refractivity contribution is 0.419. The highest BCUT2D eigenvalue weighted by Gasteiger charge is 2.14. The molecule has 0 saturated heterocycles. The number of para-hydroxylation sites is 1. The van der Waals surface area contributed by atoms with Crippen molar-refractivity contribution in [3.05, 3.63) is 40.9 Å². The first-order valence-corrected chi connectivity index (χ1v) is 6.47. The maximum atomic E-state index is 5.80. The minimum Gasteiger partial charge on any atom is -0.494 e. The van der Waals surface area contributed by atoms with E-state index in [9.17, 15) is 0 Å². The number of methoxy groups -OCH3 is 1. The topological polar surface area (TPSA) is 61.3 Å². The second-order valence-electron chi connectivity index (χ2n) is 4.07. The van der Waals surface area contributed by atoms with E-state index in [2.05, 4.69) is 20.9 Å². The summed E-state index contributed by atoms with van der Waals surface area (Å²) in [5.74, 6) is 1.20. The summed E-state index contributed by atoms with van der Waals surface area (Å²) in [7, 11) is 1.61. The number of anilines is 1. The van der Waals surface area contributed by atoms with Gasteiger partial charge in [-0.15, -0.1) is 0 Å². The monoisotopic (exact) mass is 318 g/mol. The highest BCUT2D eigenvalue weighted by atomic mass is 79.9. The zero-order chi connectivity index (χ0) is 13.4. The molecule has 0 fully saturated rings. The predicted octanol–water partition coefficient (Wildman–Crippen LogP) is 3.85. The summed E-state index contributed by atoms with van der Waals surface area (Å²) in [4.78, 5) is 4.48. The zero-order valence-electron chi connectivity index (χ0n) is 10.2. The van der Waals surface area contributed by atoms with E-state index in [1.807, 2.05) is 36.4 Å². The molecule has 0 spiro atoms. The summed E-state index contributed by atoms with van der Waals surface area (Å²) in [5.41, 5.74) is 8.66. The van der Waals surface area contributed by atoms with Crippen LogP contribution in [0.1, 0.15) is 0 Å². The van der Waals surface area contributed by atoms with Crippen LogP contribution in [0.15, 0.2) is 45.3 Å². The molecule has 3 rings (SSSR count). The average molecular weight is 319 g/mol. The number of oxazole rings is 1. The van der Waals surface area contributed by atoms with Crippen molar-refractivity contribution in [3.8, 4) is 17.2 Å². The number of ether oxygens (including phenoxy) is 1. The summed E-state index contributed by atoms with van der Waals surface area (Å²) in [6.07, 6.45) is 0. The number of rotatable bonds is 2. The van der Waals surface area contributed by atoms with Gasteiger partial charge in [-0.2, -0.15) is 0 Å². The molecule has 0 amide bonds. The number of aromatic nitrogens is 1. The van der Waals surface area contributed by atoms with Crippen molar-refractivity contribution in [1.29, 1.82) is 0 Å². The van der Waals surface area contributed by atoms with Crippen LogP contribution in [0.5, 0.6) is 5.75 Å². The summed E-state index contributed by atoms with van der Waals surface area (Å²) >= 11 is 3.47. The fraction of sp³-hybridized carbons (Fsp3) is 0.0714. The Hall–Kier alpha value is -2.01. The molecule has 0 saturated carbocycles. The number of nitrogens with zero attached hydrogens (tertiary/aromatic N) is 1. The zero-order valence-corrected chi connectivity index (χ0v) is 11.8. The highest BCUT2D eigenvalue weighted by molar-refractivity contribution is 9.10. The third-order valence-corrected chi connectivity index (χ3v) is 3.51. The van der Waals surface area contributed by atoms with Gasteiger partial charge >= 0.3 is 0 Å². The Balaban J connectivity index is 2.23. The molecule has 0 aliphatic rings. The molecule has 1 heterocycles. The van der Waals surface area contributed by atoms with E-state index in [1.54, 1.807) is 7.11 Å². The SMILES string of the molecule is COc1cccc2oc(-c3cc(N)ccc3Br)nc12. The molecule has 19 heavy (non-hydrogen) atoms. The van der Waals surface area contributed by atoms with Crippen LogP contribution in [0, 0.1) is 0 Å². The van der Waals surface area contributed by atoms with Gasteiger partial charge in [0, 0.05) is 10.2 Å². The molecule has 96 valence electrons. The Morgan fingerprint density at radius 2 is 2.11 bits per heavy atom. The number of nitrogens with two attached hydrogens (primary N) is 1. The third kappa shape index (κ3) is 2.06. The first-order chi connectivity index (χ1) is 9.19. The maximum Gasteiger partial charge on any atom is 0.228 e. The molecule has 3 aromatic rings. The standard InChI is InChI=1S/C14H11BrN2O2/c1-18-11-3-2-4-12-13(11)17-14(19-12)9-7-8(16)5-6-10(9)15/h2-7H,16H2,1H3. The second-order valence-corrected chi connectivity index (χ2v) is 4.92. The number of hydrogen-bond acceptors (Lipinski definition) is 4. The first kappa shape index (κ1) is 12.0. The van der Waals surface area contributed by atoms with Crippen molar-refractivity contribution < 1.29 is 9.15 Å². The normalized spacial score (nSPS) is 10.8. The van der Waals surface area contributed by atoms with Gasteiger partial charge in [-0.05, 0) is 46.3 Å². The van der Waals surface area contributed by atoms with Crippen LogP contribution >= 0.6 is 15.9 Å². The van der Waals surface area contributed by atoms with Crippen molar-refractivity contribution >= 4 is 32.7 Å². The van der Waals surface area contributed by atoms with E-state index in [-0.39, 0.29) is 0 Å². The number of hydrogen-bond donors (Lipinski definition) is 1. The van der Waals surface area contributed by atoms with Gasteiger partial charge in [-0.25, -0.2) is 4.98 Å². The van der Waals surface area contributed by atoms with E-state index in [4.69, 9.17) is 14.9 Å². The molecule has 0 unspecified atom stereocenters. The number of nitrogen functional groups attached to an aromatic ring is 1. The summed E-state index contributed by atoms with van der Waals surface area (Å²) in [5, 5.41) is 0.